The van der Waals surface area contributed by atoms with Crippen LogP contribution in [0.5, 0.6) is 11.5 Å². The predicted molar refractivity (Wildman–Crippen MR) is 114 cm³/mol. The topological polar surface area (TPSA) is 65.0 Å². The summed E-state index contributed by atoms with van der Waals surface area (Å²) in [5.74, 6) is 0.952. The maximum absolute atomic E-state index is 12.5. The lowest BCUT2D eigenvalue weighted by Gasteiger charge is -2.13. The largest absolute Gasteiger partial charge is 0.493 e. The molecular formula is C23H23NO4S. The minimum atomic E-state index is -3.81. The van der Waals surface area contributed by atoms with Crippen LogP contribution in [0.4, 0.5) is 0 Å². The van der Waals surface area contributed by atoms with Crippen molar-refractivity contribution in [1.82, 2.24) is 0 Å². The number of benzene rings is 3. The number of hydrogen-bond donors (Lipinski definition) is 0. The van der Waals surface area contributed by atoms with E-state index in [0.29, 0.717) is 23.7 Å². The normalized spacial score (nSPS) is 11.6. The van der Waals surface area contributed by atoms with E-state index in [1.54, 1.807) is 49.6 Å². The molecule has 3 aromatic carbocycles. The van der Waals surface area contributed by atoms with Gasteiger partial charge in [0.05, 0.1) is 18.2 Å². The fraction of sp³-hybridized carbons (Fsp3) is 0.174. The molecule has 3 rings (SSSR count). The maximum Gasteiger partial charge on any atom is 0.282 e. The minimum absolute atomic E-state index is 0.143. The summed E-state index contributed by atoms with van der Waals surface area (Å²) in [6.07, 6.45) is 1.29. The first-order valence-corrected chi connectivity index (χ1v) is 10.6. The third-order valence-corrected chi connectivity index (χ3v) is 5.60. The monoisotopic (exact) mass is 409 g/mol. The van der Waals surface area contributed by atoms with Crippen LogP contribution in [0.3, 0.4) is 0 Å². The fourth-order valence-corrected chi connectivity index (χ4v) is 3.66. The van der Waals surface area contributed by atoms with E-state index in [2.05, 4.69) is 4.40 Å². The van der Waals surface area contributed by atoms with Gasteiger partial charge in [0.25, 0.3) is 10.0 Å². The lowest BCUT2D eigenvalue weighted by atomic mass is 10.1. The van der Waals surface area contributed by atoms with E-state index in [1.165, 1.54) is 6.21 Å². The highest BCUT2D eigenvalue weighted by molar-refractivity contribution is 7.90. The van der Waals surface area contributed by atoms with Crippen molar-refractivity contribution in [2.75, 3.05) is 7.11 Å². The highest BCUT2D eigenvalue weighted by Crippen LogP contribution is 2.31. The molecule has 3 aromatic rings. The van der Waals surface area contributed by atoms with Crippen molar-refractivity contribution < 1.29 is 17.9 Å². The molecule has 0 saturated heterocycles. The standard InChI is InChI=1S/C23H23NO4S/c1-17-10-12-21(13-11-17)29(25,26)24-15-20-8-5-9-22(27-3)23(20)28-16-19-7-4-6-18(2)14-19/h4-15H,16H2,1-3H3/b24-15-. The van der Waals surface area contributed by atoms with Crippen molar-refractivity contribution in [3.05, 3.63) is 89.0 Å². The zero-order valence-corrected chi connectivity index (χ0v) is 17.4. The Kier molecular flexibility index (Phi) is 6.34. The molecule has 0 heterocycles. The minimum Gasteiger partial charge on any atom is -0.493 e. The molecule has 150 valence electrons. The first-order valence-electron chi connectivity index (χ1n) is 9.11. The molecule has 0 fully saturated rings. The molecule has 5 nitrogen and oxygen atoms in total. The van der Waals surface area contributed by atoms with E-state index in [0.717, 1.165) is 16.7 Å². The van der Waals surface area contributed by atoms with Gasteiger partial charge in [-0.3, -0.25) is 0 Å². The van der Waals surface area contributed by atoms with E-state index in [9.17, 15) is 8.42 Å². The van der Waals surface area contributed by atoms with Crippen LogP contribution in [-0.2, 0) is 16.6 Å². The summed E-state index contributed by atoms with van der Waals surface area (Å²) in [4.78, 5) is 0.143. The Morgan fingerprint density at radius 3 is 2.34 bits per heavy atom. The van der Waals surface area contributed by atoms with Crippen LogP contribution in [0, 0.1) is 13.8 Å². The Morgan fingerprint density at radius 2 is 1.66 bits per heavy atom. The van der Waals surface area contributed by atoms with Crippen LogP contribution in [0.2, 0.25) is 0 Å². The van der Waals surface area contributed by atoms with Gasteiger partial charge in [-0.05, 0) is 43.7 Å². The zero-order chi connectivity index (χ0) is 20.9. The average molecular weight is 410 g/mol. The highest BCUT2D eigenvalue weighted by atomic mass is 32.2. The number of rotatable bonds is 7. The molecule has 0 saturated carbocycles. The number of sulfonamides is 1. The summed E-state index contributed by atoms with van der Waals surface area (Å²) in [5, 5.41) is 0. The summed E-state index contributed by atoms with van der Waals surface area (Å²) >= 11 is 0. The Hall–Kier alpha value is -3.12. The summed E-state index contributed by atoms with van der Waals surface area (Å²) in [6, 6.07) is 19.8. The smallest absolute Gasteiger partial charge is 0.282 e. The fourth-order valence-electron chi connectivity index (χ4n) is 2.80. The van der Waals surface area contributed by atoms with E-state index in [4.69, 9.17) is 9.47 Å². The van der Waals surface area contributed by atoms with Gasteiger partial charge in [-0.1, -0.05) is 53.6 Å². The molecule has 0 aliphatic heterocycles. The van der Waals surface area contributed by atoms with Crippen molar-refractivity contribution in [1.29, 1.82) is 0 Å². The van der Waals surface area contributed by atoms with Gasteiger partial charge < -0.3 is 9.47 Å². The van der Waals surface area contributed by atoms with Crippen molar-refractivity contribution in [3.8, 4) is 11.5 Å². The molecule has 0 aliphatic rings. The number of ether oxygens (including phenoxy) is 2. The van der Waals surface area contributed by atoms with Gasteiger partial charge in [0, 0.05) is 5.56 Å². The summed E-state index contributed by atoms with van der Waals surface area (Å²) in [5.41, 5.74) is 3.64. The number of aryl methyl sites for hydroxylation is 2. The second-order valence-electron chi connectivity index (χ2n) is 6.68. The molecule has 0 amide bonds. The van der Waals surface area contributed by atoms with Gasteiger partial charge >= 0.3 is 0 Å². The van der Waals surface area contributed by atoms with Gasteiger partial charge in [-0.2, -0.15) is 12.8 Å². The summed E-state index contributed by atoms with van der Waals surface area (Å²) < 4.78 is 40.3. The van der Waals surface area contributed by atoms with Gasteiger partial charge in [-0.15, -0.1) is 0 Å². The molecule has 0 unspecified atom stereocenters. The second kappa shape index (κ2) is 8.92. The lowest BCUT2D eigenvalue weighted by Crippen LogP contribution is -2.02. The average Bonchev–Trinajstić information content (AvgIpc) is 2.71. The Labute approximate surface area is 171 Å². The Morgan fingerprint density at radius 1 is 0.931 bits per heavy atom. The molecule has 6 heteroatoms. The quantitative estimate of drug-likeness (QED) is 0.531. The lowest BCUT2D eigenvalue weighted by molar-refractivity contribution is 0.284. The van der Waals surface area contributed by atoms with Gasteiger partial charge in [0.2, 0.25) is 0 Å². The molecule has 0 radical (unpaired) electrons. The molecule has 0 atom stereocenters. The Balaban J connectivity index is 1.88. The second-order valence-corrected chi connectivity index (χ2v) is 8.31. The number of methoxy groups -OCH3 is 1. The molecule has 0 bridgehead atoms. The SMILES string of the molecule is COc1cccc(/C=N\S(=O)(=O)c2ccc(C)cc2)c1OCc1cccc(C)c1. The van der Waals surface area contributed by atoms with Crippen LogP contribution in [0.25, 0.3) is 0 Å². The first-order chi connectivity index (χ1) is 13.9. The maximum atomic E-state index is 12.5. The van der Waals surface area contributed by atoms with E-state index < -0.39 is 10.0 Å². The number of hydrogen-bond acceptors (Lipinski definition) is 4. The third kappa shape index (κ3) is 5.23. The van der Waals surface area contributed by atoms with Crippen LogP contribution in [-0.4, -0.2) is 21.7 Å². The van der Waals surface area contributed by atoms with Gasteiger partial charge in [-0.25, -0.2) is 0 Å². The van der Waals surface area contributed by atoms with Crippen LogP contribution in [0.1, 0.15) is 22.3 Å². The van der Waals surface area contributed by atoms with Crippen LogP contribution < -0.4 is 9.47 Å². The van der Waals surface area contributed by atoms with Crippen molar-refractivity contribution in [2.24, 2.45) is 4.40 Å². The van der Waals surface area contributed by atoms with Crippen molar-refractivity contribution in [3.63, 3.8) is 0 Å². The zero-order valence-electron chi connectivity index (χ0n) is 16.6. The molecule has 0 N–H and O–H groups in total. The van der Waals surface area contributed by atoms with Crippen molar-refractivity contribution in [2.45, 2.75) is 25.3 Å². The predicted octanol–water partition coefficient (Wildman–Crippen LogP) is 4.70. The summed E-state index contributed by atoms with van der Waals surface area (Å²) in [7, 11) is -2.27. The van der Waals surface area contributed by atoms with Crippen molar-refractivity contribution >= 4 is 16.2 Å². The number of nitrogens with zero attached hydrogens (tertiary/aromatic N) is 1. The first kappa shape index (κ1) is 20.6. The third-order valence-electron chi connectivity index (χ3n) is 4.34. The highest BCUT2D eigenvalue weighted by Gasteiger charge is 2.14. The van der Waals surface area contributed by atoms with E-state index in [-0.39, 0.29) is 4.90 Å². The van der Waals surface area contributed by atoms with Crippen LogP contribution >= 0.6 is 0 Å². The Bertz CT molecular complexity index is 1120. The van der Waals surface area contributed by atoms with Gasteiger partial charge in [0.1, 0.15) is 6.61 Å². The molecule has 0 spiro atoms. The molecule has 0 aliphatic carbocycles. The molecular weight excluding hydrogens is 386 g/mol. The van der Waals surface area contributed by atoms with Crippen LogP contribution in [0.15, 0.2) is 76.0 Å². The van der Waals surface area contributed by atoms with Gasteiger partial charge in [0.15, 0.2) is 11.5 Å². The van der Waals surface area contributed by atoms with E-state index >= 15 is 0 Å². The van der Waals surface area contributed by atoms with E-state index in [1.807, 2.05) is 38.1 Å². The number of para-hydroxylation sites is 1. The molecule has 29 heavy (non-hydrogen) atoms. The molecule has 0 aromatic heterocycles. The summed E-state index contributed by atoms with van der Waals surface area (Å²) in [6.45, 7) is 4.24.